The summed E-state index contributed by atoms with van der Waals surface area (Å²) in [5.74, 6) is 0.750. The molecule has 0 saturated carbocycles. The van der Waals surface area contributed by atoms with E-state index in [-0.39, 0.29) is 17.7 Å². The molecular formula is C8H15NO3S. The van der Waals surface area contributed by atoms with E-state index >= 15 is 0 Å². The highest BCUT2D eigenvalue weighted by molar-refractivity contribution is 7.95. The summed E-state index contributed by atoms with van der Waals surface area (Å²) in [6.07, 6.45) is 2.85. The number of methoxy groups -OCH3 is 1. The van der Waals surface area contributed by atoms with Crippen LogP contribution in [-0.4, -0.2) is 38.4 Å². The van der Waals surface area contributed by atoms with E-state index in [1.54, 1.807) is 7.11 Å². The van der Waals surface area contributed by atoms with E-state index in [2.05, 4.69) is 15.7 Å². The van der Waals surface area contributed by atoms with Crippen LogP contribution in [0.5, 0.6) is 0 Å². The Morgan fingerprint density at radius 3 is 2.92 bits per heavy atom. The molecule has 0 bridgehead atoms. The minimum absolute atomic E-state index is 0.212. The smallest absolute Gasteiger partial charge is 0.204 e. The first-order valence-electron chi connectivity index (χ1n) is 3.81. The summed E-state index contributed by atoms with van der Waals surface area (Å²) in [4.78, 5) is 0. The van der Waals surface area contributed by atoms with Crippen molar-refractivity contribution in [1.82, 2.24) is 0 Å². The van der Waals surface area contributed by atoms with Crippen LogP contribution < -0.4 is 5.11 Å². The topological polar surface area (TPSA) is 53.9 Å². The first-order valence-corrected chi connectivity index (χ1v) is 5.57. The zero-order chi connectivity index (χ0) is 10.1. The molecule has 0 aliphatic rings. The molecule has 5 heteroatoms. The molecule has 1 unspecified atom stereocenters. The number of hydrogen-bond donors (Lipinski definition) is 0. The molecule has 0 aliphatic heterocycles. The first-order chi connectivity index (χ1) is 6.20. The third-order valence-electron chi connectivity index (χ3n) is 1.14. The highest BCUT2D eigenvalue weighted by Crippen LogP contribution is 1.93. The van der Waals surface area contributed by atoms with Gasteiger partial charge >= 0.3 is 0 Å². The van der Waals surface area contributed by atoms with E-state index in [0.717, 1.165) is 5.75 Å². The van der Waals surface area contributed by atoms with Gasteiger partial charge in [0.25, 0.3) is 0 Å². The lowest BCUT2D eigenvalue weighted by molar-refractivity contribution is -0.248. The molecule has 0 amide bonds. The van der Waals surface area contributed by atoms with Crippen molar-refractivity contribution in [3.8, 4) is 0 Å². The molecule has 0 saturated heterocycles. The Balaban J connectivity index is 3.69. The Labute approximate surface area is 81.7 Å². The van der Waals surface area contributed by atoms with Gasteiger partial charge in [0.15, 0.2) is 5.75 Å². The maximum atomic E-state index is 10.9. The highest BCUT2D eigenvalue weighted by Gasteiger charge is 2.08. The Hall–Kier alpha value is -0.680. The summed E-state index contributed by atoms with van der Waals surface area (Å²) in [5, 5.41) is 10.9. The van der Waals surface area contributed by atoms with E-state index in [1.165, 1.54) is 6.08 Å². The molecule has 1 atom stereocenters. The quantitative estimate of drug-likeness (QED) is 0.259. The summed E-state index contributed by atoms with van der Waals surface area (Å²) in [6, 6.07) is 0. The van der Waals surface area contributed by atoms with Crippen LogP contribution >= 0.6 is 0 Å². The molecule has 0 radical (unpaired) electrons. The summed E-state index contributed by atoms with van der Waals surface area (Å²) < 4.78 is 13.3. The monoisotopic (exact) mass is 205 g/mol. The van der Waals surface area contributed by atoms with Gasteiger partial charge in [-0.3, -0.25) is 0 Å². The zero-order valence-electron chi connectivity index (χ0n) is 7.99. The van der Waals surface area contributed by atoms with Gasteiger partial charge in [0.1, 0.15) is 17.3 Å². The van der Waals surface area contributed by atoms with Crippen molar-refractivity contribution < 1.29 is 14.6 Å². The van der Waals surface area contributed by atoms with Crippen molar-refractivity contribution in [1.29, 1.82) is 0 Å². The second kappa shape index (κ2) is 7.94. The predicted molar refractivity (Wildman–Crippen MR) is 53.6 cm³/mol. The van der Waals surface area contributed by atoms with E-state index in [1.807, 2.05) is 6.26 Å². The predicted octanol–water partition coefficient (Wildman–Crippen LogP) is -0.285. The van der Waals surface area contributed by atoms with Crippen LogP contribution in [0.15, 0.2) is 17.1 Å². The lowest BCUT2D eigenvalue weighted by Gasteiger charge is -2.08. The average Bonchev–Trinajstić information content (AvgIpc) is 2.11. The normalized spacial score (nSPS) is 13.8. The molecule has 0 aliphatic carbocycles. The Morgan fingerprint density at radius 1 is 1.69 bits per heavy atom. The summed E-state index contributed by atoms with van der Waals surface area (Å²) >= 11 is -0.312. The van der Waals surface area contributed by atoms with Crippen LogP contribution in [0, 0.1) is 0 Å². The van der Waals surface area contributed by atoms with Gasteiger partial charge in [-0.2, -0.15) is 0 Å². The van der Waals surface area contributed by atoms with Crippen molar-refractivity contribution in [2.75, 3.05) is 32.3 Å². The molecule has 0 N–H and O–H groups in total. The minimum atomic E-state index is -0.526. The molecule has 0 aromatic carbocycles. The standard InChI is InChI=1S/C8H15NO3S/c1-4-5-12-8(10)9-13(3)7-6-11-2/h4H,1,5-7H2,2-3H3. The van der Waals surface area contributed by atoms with E-state index in [0.29, 0.717) is 6.61 Å². The van der Waals surface area contributed by atoms with Gasteiger partial charge in [-0.15, -0.1) is 6.58 Å². The van der Waals surface area contributed by atoms with Gasteiger partial charge in [-0.25, -0.2) is 0 Å². The van der Waals surface area contributed by atoms with Gasteiger partial charge in [0, 0.05) is 13.7 Å². The average molecular weight is 205 g/mol. The van der Waals surface area contributed by atoms with Crippen molar-refractivity contribution in [2.45, 2.75) is 0 Å². The summed E-state index contributed by atoms with van der Waals surface area (Å²) in [5.41, 5.74) is 0. The van der Waals surface area contributed by atoms with Crippen LogP contribution in [0.2, 0.25) is 0 Å². The Morgan fingerprint density at radius 2 is 2.38 bits per heavy atom. The van der Waals surface area contributed by atoms with E-state index < -0.39 is 6.08 Å². The second-order valence-corrected chi connectivity index (χ2v) is 4.05. The van der Waals surface area contributed by atoms with E-state index in [4.69, 9.17) is 4.74 Å². The van der Waals surface area contributed by atoms with Gasteiger partial charge in [0.2, 0.25) is 6.08 Å². The van der Waals surface area contributed by atoms with Gasteiger partial charge in [-0.05, 0) is 4.40 Å². The Bertz CT molecular complexity index is 173. The third kappa shape index (κ3) is 7.67. The minimum Gasteiger partial charge on any atom is -0.593 e. The molecule has 76 valence electrons. The largest absolute Gasteiger partial charge is 0.593 e. The third-order valence-corrected chi connectivity index (χ3v) is 2.36. The SMILES string of the molecule is C=CCO/C([O-])=N/[S+](C)CCOC. The maximum Gasteiger partial charge on any atom is 0.204 e. The molecule has 13 heavy (non-hydrogen) atoms. The van der Waals surface area contributed by atoms with Crippen molar-refractivity contribution in [3.63, 3.8) is 0 Å². The van der Waals surface area contributed by atoms with E-state index in [9.17, 15) is 5.11 Å². The first kappa shape index (κ1) is 12.3. The fourth-order valence-corrected chi connectivity index (χ4v) is 1.34. The second-order valence-electron chi connectivity index (χ2n) is 2.25. The van der Waals surface area contributed by atoms with Gasteiger partial charge in [-0.1, -0.05) is 6.08 Å². The van der Waals surface area contributed by atoms with Crippen LogP contribution in [-0.2, 0) is 20.6 Å². The Kier molecular flexibility index (Phi) is 7.53. The number of nitrogens with zero attached hydrogens (tertiary/aromatic N) is 1. The molecule has 4 nitrogen and oxygen atoms in total. The molecule has 0 rings (SSSR count). The van der Waals surface area contributed by atoms with Crippen molar-refractivity contribution in [2.24, 2.45) is 4.40 Å². The molecular weight excluding hydrogens is 190 g/mol. The lowest BCUT2D eigenvalue weighted by Crippen LogP contribution is -2.24. The number of ether oxygens (including phenoxy) is 2. The fraction of sp³-hybridized carbons (Fsp3) is 0.625. The van der Waals surface area contributed by atoms with Crippen LogP contribution in [0.4, 0.5) is 0 Å². The molecule has 0 aromatic rings. The molecule has 0 spiro atoms. The lowest BCUT2D eigenvalue weighted by atomic mass is 10.7. The number of rotatable bonds is 6. The molecule has 0 heterocycles. The van der Waals surface area contributed by atoms with Crippen molar-refractivity contribution >= 4 is 17.2 Å². The zero-order valence-corrected chi connectivity index (χ0v) is 8.80. The van der Waals surface area contributed by atoms with Crippen molar-refractivity contribution in [3.05, 3.63) is 12.7 Å². The molecule has 0 aromatic heterocycles. The number of hydrogen-bond acceptors (Lipinski definition) is 4. The summed E-state index contributed by atoms with van der Waals surface area (Å²) in [6.45, 7) is 4.25. The van der Waals surface area contributed by atoms with Crippen LogP contribution in [0.3, 0.4) is 0 Å². The maximum absolute atomic E-state index is 10.9. The molecule has 0 fully saturated rings. The van der Waals surface area contributed by atoms with Gasteiger partial charge < -0.3 is 14.6 Å². The van der Waals surface area contributed by atoms with Crippen LogP contribution in [0.25, 0.3) is 0 Å². The highest BCUT2D eigenvalue weighted by atomic mass is 32.2. The summed E-state index contributed by atoms with van der Waals surface area (Å²) in [7, 11) is 1.62. The fourth-order valence-electron chi connectivity index (χ4n) is 0.533. The van der Waals surface area contributed by atoms with Gasteiger partial charge in [0.05, 0.1) is 6.61 Å². The van der Waals surface area contributed by atoms with Crippen LogP contribution in [0.1, 0.15) is 0 Å².